The molecule has 1 aliphatic rings. The molecule has 4 heteroatoms. The molecule has 1 aromatic carbocycles. The minimum atomic E-state index is 0.449. The monoisotopic (exact) mass is 284 g/mol. The van der Waals surface area contributed by atoms with E-state index in [2.05, 4.69) is 52.7 Å². The van der Waals surface area contributed by atoms with E-state index in [9.17, 15) is 0 Å². The van der Waals surface area contributed by atoms with Crippen LogP contribution < -0.4 is 5.32 Å². The third-order valence-electron chi connectivity index (χ3n) is 4.27. The smallest absolute Gasteiger partial charge is 0.0534 e. The largest absolute Gasteiger partial charge is 0.314 e. The summed E-state index contributed by atoms with van der Waals surface area (Å²) in [6, 6.07) is 9.53. The van der Waals surface area contributed by atoms with Gasteiger partial charge in [0.15, 0.2) is 0 Å². The van der Waals surface area contributed by atoms with Crippen molar-refractivity contribution < 1.29 is 0 Å². The molecule has 0 bridgehead atoms. The SMILES string of the molecule is CCc1ccc(C2CNCCN2Cc2cnn(C)c2)cc1. The van der Waals surface area contributed by atoms with Crippen LogP contribution in [0.1, 0.15) is 29.7 Å². The Bertz CT molecular complexity index is 573. The summed E-state index contributed by atoms with van der Waals surface area (Å²) in [6.07, 6.45) is 5.18. The van der Waals surface area contributed by atoms with Crippen LogP contribution in [0.5, 0.6) is 0 Å². The van der Waals surface area contributed by atoms with Crippen molar-refractivity contribution in [2.75, 3.05) is 19.6 Å². The van der Waals surface area contributed by atoms with Gasteiger partial charge in [0.25, 0.3) is 0 Å². The van der Waals surface area contributed by atoms with Gasteiger partial charge in [0.1, 0.15) is 0 Å². The summed E-state index contributed by atoms with van der Waals surface area (Å²) < 4.78 is 1.88. The van der Waals surface area contributed by atoms with Gasteiger partial charge in [0.05, 0.1) is 6.20 Å². The minimum absolute atomic E-state index is 0.449. The number of hydrogen-bond acceptors (Lipinski definition) is 3. The number of aryl methyl sites for hydroxylation is 2. The van der Waals surface area contributed by atoms with Crippen molar-refractivity contribution in [3.8, 4) is 0 Å². The van der Waals surface area contributed by atoms with Gasteiger partial charge in [-0.25, -0.2) is 0 Å². The van der Waals surface area contributed by atoms with Gasteiger partial charge in [-0.05, 0) is 17.5 Å². The highest BCUT2D eigenvalue weighted by Gasteiger charge is 2.23. The maximum absolute atomic E-state index is 4.28. The van der Waals surface area contributed by atoms with Crippen LogP contribution in [0, 0.1) is 0 Å². The maximum atomic E-state index is 4.28. The summed E-state index contributed by atoms with van der Waals surface area (Å²) in [5, 5.41) is 7.80. The van der Waals surface area contributed by atoms with E-state index in [0.717, 1.165) is 32.6 Å². The van der Waals surface area contributed by atoms with E-state index in [-0.39, 0.29) is 0 Å². The Morgan fingerprint density at radius 1 is 1.24 bits per heavy atom. The molecule has 1 saturated heterocycles. The first-order valence-electron chi connectivity index (χ1n) is 7.77. The van der Waals surface area contributed by atoms with Crippen molar-refractivity contribution in [3.63, 3.8) is 0 Å². The Morgan fingerprint density at radius 3 is 2.71 bits per heavy atom. The molecule has 0 amide bonds. The molecular formula is C17H24N4. The molecular weight excluding hydrogens is 260 g/mol. The second-order valence-electron chi connectivity index (χ2n) is 5.81. The molecule has 1 unspecified atom stereocenters. The first kappa shape index (κ1) is 14.3. The van der Waals surface area contributed by atoms with Gasteiger partial charge in [0.2, 0.25) is 0 Å². The fraction of sp³-hybridized carbons (Fsp3) is 0.471. The summed E-state index contributed by atoms with van der Waals surface area (Å²) in [4.78, 5) is 2.55. The quantitative estimate of drug-likeness (QED) is 0.933. The Labute approximate surface area is 126 Å². The highest BCUT2D eigenvalue weighted by Crippen LogP contribution is 2.24. The summed E-state index contributed by atoms with van der Waals surface area (Å²) in [5.74, 6) is 0. The summed E-state index contributed by atoms with van der Waals surface area (Å²) in [5.41, 5.74) is 4.10. The molecule has 0 aliphatic carbocycles. The predicted octanol–water partition coefficient (Wildman–Crippen LogP) is 2.13. The van der Waals surface area contributed by atoms with Gasteiger partial charge in [-0.3, -0.25) is 9.58 Å². The molecule has 4 nitrogen and oxygen atoms in total. The van der Waals surface area contributed by atoms with E-state index in [0.29, 0.717) is 6.04 Å². The molecule has 2 heterocycles. The number of aromatic nitrogens is 2. The topological polar surface area (TPSA) is 33.1 Å². The van der Waals surface area contributed by atoms with Crippen molar-refractivity contribution in [2.45, 2.75) is 25.9 Å². The van der Waals surface area contributed by atoms with Gasteiger partial charge in [0, 0.05) is 51.0 Å². The molecule has 3 rings (SSSR count). The van der Waals surface area contributed by atoms with Gasteiger partial charge < -0.3 is 5.32 Å². The standard InChI is InChI=1S/C17H24N4/c1-3-14-4-6-16(7-5-14)17-11-18-8-9-21(17)13-15-10-19-20(2)12-15/h4-7,10,12,17-18H,3,8-9,11,13H2,1-2H3. The van der Waals surface area contributed by atoms with E-state index >= 15 is 0 Å². The zero-order valence-electron chi connectivity index (χ0n) is 12.9. The van der Waals surface area contributed by atoms with Crippen molar-refractivity contribution in [2.24, 2.45) is 7.05 Å². The summed E-state index contributed by atoms with van der Waals surface area (Å²) >= 11 is 0. The summed E-state index contributed by atoms with van der Waals surface area (Å²) in [7, 11) is 1.97. The van der Waals surface area contributed by atoms with E-state index in [1.807, 2.05) is 17.9 Å². The number of piperazine rings is 1. The van der Waals surface area contributed by atoms with Crippen LogP contribution in [0.2, 0.25) is 0 Å². The van der Waals surface area contributed by atoms with E-state index in [4.69, 9.17) is 0 Å². The molecule has 1 N–H and O–H groups in total. The van der Waals surface area contributed by atoms with Crippen LogP contribution in [0.15, 0.2) is 36.7 Å². The van der Waals surface area contributed by atoms with E-state index in [1.54, 1.807) is 0 Å². The van der Waals surface area contributed by atoms with E-state index < -0.39 is 0 Å². The Hall–Kier alpha value is -1.65. The molecule has 1 fully saturated rings. The lowest BCUT2D eigenvalue weighted by molar-refractivity contribution is 0.153. The van der Waals surface area contributed by atoms with Crippen LogP contribution in [0.25, 0.3) is 0 Å². The number of nitrogens with one attached hydrogen (secondary N) is 1. The third-order valence-corrected chi connectivity index (χ3v) is 4.27. The highest BCUT2D eigenvalue weighted by molar-refractivity contribution is 5.26. The Morgan fingerprint density at radius 2 is 2.05 bits per heavy atom. The fourth-order valence-electron chi connectivity index (χ4n) is 3.03. The van der Waals surface area contributed by atoms with Crippen molar-refractivity contribution in [1.82, 2.24) is 20.0 Å². The van der Waals surface area contributed by atoms with Crippen LogP contribution in [-0.2, 0) is 20.0 Å². The molecule has 1 aliphatic heterocycles. The van der Waals surface area contributed by atoms with Crippen molar-refractivity contribution >= 4 is 0 Å². The van der Waals surface area contributed by atoms with Crippen LogP contribution in [0.4, 0.5) is 0 Å². The molecule has 1 atom stereocenters. The first-order chi connectivity index (χ1) is 10.3. The average Bonchev–Trinajstić information content (AvgIpc) is 2.93. The lowest BCUT2D eigenvalue weighted by Gasteiger charge is -2.36. The number of hydrogen-bond donors (Lipinski definition) is 1. The second-order valence-corrected chi connectivity index (χ2v) is 5.81. The average molecular weight is 284 g/mol. The fourth-order valence-corrected chi connectivity index (χ4v) is 3.03. The van der Waals surface area contributed by atoms with Crippen LogP contribution in [-0.4, -0.2) is 34.3 Å². The molecule has 0 spiro atoms. The van der Waals surface area contributed by atoms with Gasteiger partial charge >= 0.3 is 0 Å². The Kier molecular flexibility index (Phi) is 4.36. The third kappa shape index (κ3) is 3.34. The molecule has 2 aromatic rings. The van der Waals surface area contributed by atoms with Crippen molar-refractivity contribution in [1.29, 1.82) is 0 Å². The molecule has 0 saturated carbocycles. The van der Waals surface area contributed by atoms with Crippen LogP contribution in [0.3, 0.4) is 0 Å². The lowest BCUT2D eigenvalue weighted by atomic mass is 10.0. The lowest BCUT2D eigenvalue weighted by Crippen LogP contribution is -2.45. The highest BCUT2D eigenvalue weighted by atomic mass is 15.3. The van der Waals surface area contributed by atoms with Gasteiger partial charge in [-0.15, -0.1) is 0 Å². The van der Waals surface area contributed by atoms with Gasteiger partial charge in [-0.2, -0.15) is 5.10 Å². The normalized spacial score (nSPS) is 19.8. The van der Waals surface area contributed by atoms with Gasteiger partial charge in [-0.1, -0.05) is 31.2 Å². The molecule has 1 aromatic heterocycles. The molecule has 112 valence electrons. The Balaban J connectivity index is 1.76. The minimum Gasteiger partial charge on any atom is -0.314 e. The van der Waals surface area contributed by atoms with Crippen molar-refractivity contribution in [3.05, 3.63) is 53.3 Å². The second kappa shape index (κ2) is 6.41. The predicted molar refractivity (Wildman–Crippen MR) is 85.0 cm³/mol. The number of rotatable bonds is 4. The molecule has 0 radical (unpaired) electrons. The molecule has 21 heavy (non-hydrogen) atoms. The first-order valence-corrected chi connectivity index (χ1v) is 7.77. The zero-order valence-corrected chi connectivity index (χ0v) is 12.9. The zero-order chi connectivity index (χ0) is 14.7. The number of benzene rings is 1. The van der Waals surface area contributed by atoms with E-state index in [1.165, 1.54) is 16.7 Å². The number of nitrogens with zero attached hydrogens (tertiary/aromatic N) is 3. The summed E-state index contributed by atoms with van der Waals surface area (Å²) in [6.45, 7) is 6.33. The van der Waals surface area contributed by atoms with Crippen LogP contribution >= 0.6 is 0 Å². The maximum Gasteiger partial charge on any atom is 0.0534 e.